The van der Waals surface area contributed by atoms with Crippen molar-refractivity contribution in [2.45, 2.75) is 31.8 Å². The summed E-state index contributed by atoms with van der Waals surface area (Å²) in [4.78, 5) is 22.0. The van der Waals surface area contributed by atoms with Gasteiger partial charge in [-0.25, -0.2) is 14.5 Å². The summed E-state index contributed by atoms with van der Waals surface area (Å²) in [5.41, 5.74) is 1.89. The van der Waals surface area contributed by atoms with Crippen molar-refractivity contribution >= 4 is 11.4 Å². The number of benzene rings is 1. The minimum atomic E-state index is -0.426. The molecule has 0 saturated carbocycles. The van der Waals surface area contributed by atoms with E-state index in [0.29, 0.717) is 52.8 Å². The van der Waals surface area contributed by atoms with E-state index < -0.39 is 5.92 Å². The van der Waals surface area contributed by atoms with Crippen LogP contribution in [-0.2, 0) is 11.4 Å². The topological polar surface area (TPSA) is 91.8 Å². The summed E-state index contributed by atoms with van der Waals surface area (Å²) in [5, 5.41) is 4.51. The van der Waals surface area contributed by atoms with Gasteiger partial charge in [-0.15, -0.1) is 5.10 Å². The first-order chi connectivity index (χ1) is 15.3. The molecule has 0 spiro atoms. The zero-order valence-corrected chi connectivity index (χ0v) is 16.5. The molecule has 31 heavy (non-hydrogen) atoms. The molecule has 0 N–H and O–H groups in total. The Bertz CT molecular complexity index is 1310. The third-order valence-corrected chi connectivity index (χ3v) is 5.58. The number of furan rings is 1. The molecular weight excluding hydrogens is 396 g/mol. The van der Waals surface area contributed by atoms with Crippen molar-refractivity contribution in [2.75, 3.05) is 0 Å². The van der Waals surface area contributed by atoms with E-state index >= 15 is 0 Å². The lowest BCUT2D eigenvalue weighted by Gasteiger charge is -2.30. The Hall–Kier alpha value is -3.94. The highest BCUT2D eigenvalue weighted by Crippen LogP contribution is 2.47. The van der Waals surface area contributed by atoms with Crippen molar-refractivity contribution in [3.63, 3.8) is 0 Å². The summed E-state index contributed by atoms with van der Waals surface area (Å²) in [6, 6.07) is 13.2. The highest BCUT2D eigenvalue weighted by atomic mass is 16.5. The molecule has 4 heterocycles. The van der Waals surface area contributed by atoms with Crippen LogP contribution in [0, 0.1) is 0 Å². The highest BCUT2D eigenvalue weighted by molar-refractivity contribution is 5.99. The number of carbonyl (C=O) groups is 1. The average Bonchev–Trinajstić information content (AvgIpc) is 3.47. The Morgan fingerprint density at radius 1 is 1.13 bits per heavy atom. The maximum absolute atomic E-state index is 12.9. The first-order valence-corrected chi connectivity index (χ1v) is 10.2. The Morgan fingerprint density at radius 3 is 2.87 bits per heavy atom. The fourth-order valence-electron chi connectivity index (χ4n) is 4.23. The number of Topliss-reactive ketones (excluding diaryl/α,β-unsaturated/α-hetero) is 1. The molecule has 0 saturated heterocycles. The number of carbonyl (C=O) groups excluding carboxylic acids is 1. The maximum atomic E-state index is 12.9. The molecule has 6 rings (SSSR count). The van der Waals surface area contributed by atoms with Crippen LogP contribution in [0.15, 0.2) is 70.8 Å². The summed E-state index contributed by atoms with van der Waals surface area (Å²) in [6.45, 7) is 0.208. The molecule has 4 aromatic rings. The number of para-hydroxylation sites is 1. The van der Waals surface area contributed by atoms with E-state index in [0.717, 1.165) is 12.2 Å². The number of aromatic nitrogens is 4. The van der Waals surface area contributed by atoms with Crippen LogP contribution < -0.4 is 9.47 Å². The molecule has 1 aliphatic heterocycles. The molecule has 1 aromatic carbocycles. The van der Waals surface area contributed by atoms with Gasteiger partial charge in [-0.3, -0.25) is 4.79 Å². The molecule has 1 atom stereocenters. The second-order valence-electron chi connectivity index (χ2n) is 7.53. The van der Waals surface area contributed by atoms with Gasteiger partial charge >= 0.3 is 0 Å². The van der Waals surface area contributed by atoms with Gasteiger partial charge in [-0.1, -0.05) is 18.2 Å². The van der Waals surface area contributed by atoms with Gasteiger partial charge in [0.2, 0.25) is 5.88 Å². The van der Waals surface area contributed by atoms with Crippen molar-refractivity contribution in [1.29, 1.82) is 0 Å². The lowest BCUT2D eigenvalue weighted by atomic mass is 9.80. The van der Waals surface area contributed by atoms with Gasteiger partial charge in [0.15, 0.2) is 17.3 Å². The summed E-state index contributed by atoms with van der Waals surface area (Å²) in [7, 11) is 0. The van der Waals surface area contributed by atoms with Crippen LogP contribution in [0.5, 0.6) is 11.6 Å². The summed E-state index contributed by atoms with van der Waals surface area (Å²) in [6.07, 6.45) is 5.14. The average molecular weight is 414 g/mol. The van der Waals surface area contributed by atoms with Crippen molar-refractivity contribution in [3.05, 3.63) is 83.5 Å². The summed E-state index contributed by atoms with van der Waals surface area (Å²) in [5.74, 6) is 2.66. The van der Waals surface area contributed by atoms with Crippen LogP contribution in [0.25, 0.3) is 5.65 Å². The lowest BCUT2D eigenvalue weighted by molar-refractivity contribution is -0.116. The highest BCUT2D eigenvalue weighted by Gasteiger charge is 2.40. The smallest absolute Gasteiger partial charge is 0.228 e. The first-order valence-electron chi connectivity index (χ1n) is 10.2. The zero-order chi connectivity index (χ0) is 20.8. The standard InChI is InChI=1S/C23H18N4O4/c28-15-8-4-9-17-19(15)20(16-10-5-11-29-16)21-22-25-18(12-30-14-6-2-1-3-7-14)26-27(22)13-24-23(21)31-17/h1-3,5-7,10-11,13,20H,4,8-9,12H2. The number of ether oxygens (including phenoxy) is 2. The zero-order valence-electron chi connectivity index (χ0n) is 16.5. The summed E-state index contributed by atoms with van der Waals surface area (Å²) >= 11 is 0. The quantitative estimate of drug-likeness (QED) is 0.501. The summed E-state index contributed by atoms with van der Waals surface area (Å²) < 4.78 is 19.2. The predicted octanol–water partition coefficient (Wildman–Crippen LogP) is 3.83. The van der Waals surface area contributed by atoms with E-state index in [1.54, 1.807) is 17.1 Å². The van der Waals surface area contributed by atoms with Crippen molar-refractivity contribution < 1.29 is 18.7 Å². The normalized spacial score (nSPS) is 17.9. The van der Waals surface area contributed by atoms with E-state index in [9.17, 15) is 4.79 Å². The third kappa shape index (κ3) is 2.99. The van der Waals surface area contributed by atoms with Crippen LogP contribution in [0.1, 0.15) is 42.3 Å². The predicted molar refractivity (Wildman–Crippen MR) is 109 cm³/mol. The maximum Gasteiger partial charge on any atom is 0.228 e. The van der Waals surface area contributed by atoms with Gasteiger partial charge < -0.3 is 13.9 Å². The van der Waals surface area contributed by atoms with Crippen molar-refractivity contribution in [1.82, 2.24) is 19.6 Å². The minimum Gasteiger partial charge on any atom is -0.486 e. The van der Waals surface area contributed by atoms with E-state index in [2.05, 4.69) is 10.1 Å². The van der Waals surface area contributed by atoms with Gasteiger partial charge in [-0.05, 0) is 30.7 Å². The van der Waals surface area contributed by atoms with Gasteiger partial charge in [0.25, 0.3) is 0 Å². The van der Waals surface area contributed by atoms with E-state index in [4.69, 9.17) is 18.9 Å². The lowest BCUT2D eigenvalue weighted by Crippen LogP contribution is -2.26. The molecule has 0 bridgehead atoms. The van der Waals surface area contributed by atoms with E-state index in [1.165, 1.54) is 0 Å². The van der Waals surface area contributed by atoms with E-state index in [1.807, 2.05) is 42.5 Å². The Morgan fingerprint density at radius 2 is 2.03 bits per heavy atom. The van der Waals surface area contributed by atoms with Gasteiger partial charge in [0.05, 0.1) is 17.7 Å². The molecule has 154 valence electrons. The molecule has 8 nitrogen and oxygen atoms in total. The fourth-order valence-corrected chi connectivity index (χ4v) is 4.23. The van der Waals surface area contributed by atoms with Crippen LogP contribution in [0.2, 0.25) is 0 Å². The number of ketones is 1. The van der Waals surface area contributed by atoms with Crippen LogP contribution in [0.4, 0.5) is 0 Å². The second-order valence-corrected chi connectivity index (χ2v) is 7.53. The Labute approximate surface area is 177 Å². The Kier molecular flexibility index (Phi) is 4.09. The third-order valence-electron chi connectivity index (χ3n) is 5.58. The van der Waals surface area contributed by atoms with Crippen molar-refractivity contribution in [2.24, 2.45) is 0 Å². The number of hydrogen-bond acceptors (Lipinski definition) is 7. The molecule has 1 aliphatic carbocycles. The van der Waals surface area contributed by atoms with Gasteiger partial charge in [0, 0.05) is 18.4 Å². The molecule has 2 aliphatic rings. The fraction of sp³-hybridized carbons (Fsp3) is 0.217. The monoisotopic (exact) mass is 414 g/mol. The molecule has 0 radical (unpaired) electrons. The number of allylic oxidation sites excluding steroid dienone is 2. The molecule has 0 fully saturated rings. The number of nitrogens with zero attached hydrogens (tertiary/aromatic N) is 4. The van der Waals surface area contributed by atoms with E-state index in [-0.39, 0.29) is 12.4 Å². The van der Waals surface area contributed by atoms with Crippen LogP contribution in [0.3, 0.4) is 0 Å². The molecule has 0 amide bonds. The minimum absolute atomic E-state index is 0.0717. The first kappa shape index (κ1) is 17.9. The largest absolute Gasteiger partial charge is 0.486 e. The SMILES string of the molecule is O=C1CCCC2=C1C(c1ccco1)c1c(ncn3nc(COc4ccccc4)nc13)O2. The van der Waals surface area contributed by atoms with Gasteiger partial charge in [-0.2, -0.15) is 0 Å². The van der Waals surface area contributed by atoms with Gasteiger partial charge in [0.1, 0.15) is 30.2 Å². The Balaban J connectivity index is 1.46. The molecular formula is C23H18N4O4. The molecule has 8 heteroatoms. The molecule has 3 aromatic heterocycles. The second kappa shape index (κ2) is 7.09. The van der Waals surface area contributed by atoms with Crippen LogP contribution in [-0.4, -0.2) is 25.4 Å². The van der Waals surface area contributed by atoms with Crippen molar-refractivity contribution in [3.8, 4) is 11.6 Å². The number of rotatable bonds is 4. The number of fused-ring (bicyclic) bond motifs is 3. The molecule has 1 unspecified atom stereocenters. The number of hydrogen-bond donors (Lipinski definition) is 0. The van der Waals surface area contributed by atoms with Crippen LogP contribution >= 0.6 is 0 Å².